The Morgan fingerprint density at radius 3 is 2.58 bits per heavy atom. The van der Waals surface area contributed by atoms with E-state index in [0.29, 0.717) is 22.9 Å². The van der Waals surface area contributed by atoms with Gasteiger partial charge in [-0.05, 0) is 48.0 Å². The summed E-state index contributed by atoms with van der Waals surface area (Å²) in [5.41, 5.74) is 2.32. The topological polar surface area (TPSA) is 67.0 Å². The van der Waals surface area contributed by atoms with Gasteiger partial charge < -0.3 is 14.6 Å². The SMILES string of the molecule is N#CCc1ccc(OCC(=O)Nc2ccc(Cl)cc2-n2cccc2)cc1. The Labute approximate surface area is 156 Å². The van der Waals surface area contributed by atoms with Gasteiger partial charge >= 0.3 is 0 Å². The summed E-state index contributed by atoms with van der Waals surface area (Å²) >= 11 is 6.08. The predicted molar refractivity (Wildman–Crippen MR) is 101 cm³/mol. The lowest BCUT2D eigenvalue weighted by atomic mass is 10.2. The Bertz CT molecular complexity index is 929. The van der Waals surface area contributed by atoms with Gasteiger partial charge in [-0.15, -0.1) is 0 Å². The number of halogens is 1. The number of aromatic nitrogens is 1. The molecule has 0 fully saturated rings. The number of hydrogen-bond acceptors (Lipinski definition) is 3. The molecule has 0 spiro atoms. The molecular formula is C20H16ClN3O2. The standard InChI is InChI=1S/C20H16ClN3O2/c21-16-5-8-18(19(13-16)24-11-1-2-12-24)23-20(25)14-26-17-6-3-15(4-7-17)9-10-22/h1-8,11-13H,9,14H2,(H,23,25). The number of nitriles is 1. The molecule has 0 saturated carbocycles. The zero-order valence-electron chi connectivity index (χ0n) is 13.9. The van der Waals surface area contributed by atoms with Gasteiger partial charge in [0.05, 0.1) is 23.9 Å². The summed E-state index contributed by atoms with van der Waals surface area (Å²) < 4.78 is 7.37. The van der Waals surface area contributed by atoms with Crippen molar-refractivity contribution in [3.63, 3.8) is 0 Å². The molecule has 1 heterocycles. The van der Waals surface area contributed by atoms with E-state index in [1.54, 1.807) is 42.5 Å². The van der Waals surface area contributed by atoms with Crippen LogP contribution in [0.3, 0.4) is 0 Å². The van der Waals surface area contributed by atoms with Gasteiger partial charge in [-0.2, -0.15) is 5.26 Å². The number of benzene rings is 2. The molecule has 0 saturated heterocycles. The maximum absolute atomic E-state index is 12.2. The number of hydrogen-bond donors (Lipinski definition) is 1. The number of carbonyl (C=O) groups excluding carboxylic acids is 1. The zero-order valence-corrected chi connectivity index (χ0v) is 14.6. The molecule has 6 heteroatoms. The molecule has 26 heavy (non-hydrogen) atoms. The van der Waals surface area contributed by atoms with Gasteiger partial charge in [0, 0.05) is 17.4 Å². The van der Waals surface area contributed by atoms with E-state index in [2.05, 4.69) is 11.4 Å². The third-order valence-corrected chi connectivity index (χ3v) is 3.93. The van der Waals surface area contributed by atoms with Gasteiger partial charge in [-0.1, -0.05) is 23.7 Å². The molecule has 130 valence electrons. The first-order chi connectivity index (χ1) is 12.7. The van der Waals surface area contributed by atoms with Crippen molar-refractivity contribution in [2.75, 3.05) is 11.9 Å². The van der Waals surface area contributed by atoms with Gasteiger partial charge in [-0.3, -0.25) is 4.79 Å². The fourth-order valence-electron chi connectivity index (χ4n) is 2.45. The second-order valence-electron chi connectivity index (χ2n) is 5.57. The first kappa shape index (κ1) is 17.6. The monoisotopic (exact) mass is 365 g/mol. The lowest BCUT2D eigenvalue weighted by Gasteiger charge is -2.13. The smallest absolute Gasteiger partial charge is 0.262 e. The minimum Gasteiger partial charge on any atom is -0.484 e. The van der Waals surface area contributed by atoms with E-state index in [4.69, 9.17) is 21.6 Å². The minimum absolute atomic E-state index is 0.120. The quantitative estimate of drug-likeness (QED) is 0.711. The number of amides is 1. The zero-order chi connectivity index (χ0) is 18.4. The summed E-state index contributed by atoms with van der Waals surface area (Å²) in [5, 5.41) is 12.1. The highest BCUT2D eigenvalue weighted by molar-refractivity contribution is 6.30. The molecule has 3 aromatic rings. The Hall–Kier alpha value is -3.23. The average molecular weight is 366 g/mol. The average Bonchev–Trinajstić information content (AvgIpc) is 3.17. The molecule has 0 atom stereocenters. The van der Waals surface area contributed by atoms with Gasteiger partial charge in [0.1, 0.15) is 5.75 Å². The number of anilines is 1. The normalized spacial score (nSPS) is 10.2. The second kappa shape index (κ2) is 8.24. The van der Waals surface area contributed by atoms with E-state index in [9.17, 15) is 4.79 Å². The van der Waals surface area contributed by atoms with Gasteiger partial charge in [-0.25, -0.2) is 0 Å². The lowest BCUT2D eigenvalue weighted by molar-refractivity contribution is -0.118. The number of carbonyl (C=O) groups is 1. The highest BCUT2D eigenvalue weighted by Crippen LogP contribution is 2.24. The van der Waals surface area contributed by atoms with Crippen LogP contribution in [0.1, 0.15) is 5.56 Å². The van der Waals surface area contributed by atoms with Crippen molar-refractivity contribution < 1.29 is 9.53 Å². The maximum Gasteiger partial charge on any atom is 0.262 e. The molecule has 5 nitrogen and oxygen atoms in total. The predicted octanol–water partition coefficient (Wildman–Crippen LogP) is 4.21. The summed E-state index contributed by atoms with van der Waals surface area (Å²) in [6.07, 6.45) is 4.10. The summed E-state index contributed by atoms with van der Waals surface area (Å²) in [4.78, 5) is 12.2. The lowest BCUT2D eigenvalue weighted by Crippen LogP contribution is -2.21. The largest absolute Gasteiger partial charge is 0.484 e. The molecule has 0 aliphatic heterocycles. The number of nitrogens with one attached hydrogen (secondary N) is 1. The van der Waals surface area contributed by atoms with Crippen LogP contribution in [-0.2, 0) is 11.2 Å². The van der Waals surface area contributed by atoms with Crippen LogP contribution >= 0.6 is 11.6 Å². The van der Waals surface area contributed by atoms with Crippen molar-refractivity contribution in [1.29, 1.82) is 5.26 Å². The second-order valence-corrected chi connectivity index (χ2v) is 6.00. The minimum atomic E-state index is -0.276. The maximum atomic E-state index is 12.2. The Morgan fingerprint density at radius 1 is 1.15 bits per heavy atom. The summed E-state index contributed by atoms with van der Waals surface area (Å²) in [6, 6.07) is 18.2. The highest BCUT2D eigenvalue weighted by atomic mass is 35.5. The van der Waals surface area contributed by atoms with Crippen molar-refractivity contribution in [1.82, 2.24) is 4.57 Å². The van der Waals surface area contributed by atoms with Crippen LogP contribution in [0.15, 0.2) is 67.0 Å². The molecule has 0 aliphatic carbocycles. The van der Waals surface area contributed by atoms with E-state index in [1.165, 1.54) is 0 Å². The van der Waals surface area contributed by atoms with Crippen LogP contribution in [-0.4, -0.2) is 17.1 Å². The molecule has 1 aromatic heterocycles. The van der Waals surface area contributed by atoms with Crippen molar-refractivity contribution in [2.45, 2.75) is 6.42 Å². The summed E-state index contributed by atoms with van der Waals surface area (Å²) in [6.45, 7) is -0.120. The van der Waals surface area contributed by atoms with Gasteiger partial charge in [0.15, 0.2) is 6.61 Å². The molecule has 0 unspecified atom stereocenters. The molecule has 1 N–H and O–H groups in total. The van der Waals surface area contributed by atoms with E-state index in [-0.39, 0.29) is 12.5 Å². The van der Waals surface area contributed by atoms with Crippen LogP contribution in [0.25, 0.3) is 5.69 Å². The molecule has 2 aromatic carbocycles. The molecule has 0 bridgehead atoms. The van der Waals surface area contributed by atoms with Crippen LogP contribution in [0.5, 0.6) is 5.75 Å². The van der Waals surface area contributed by atoms with E-state index in [0.717, 1.165) is 11.3 Å². The number of nitrogens with zero attached hydrogens (tertiary/aromatic N) is 2. The van der Waals surface area contributed by atoms with Crippen molar-refractivity contribution in [3.05, 3.63) is 77.6 Å². The Morgan fingerprint density at radius 2 is 1.88 bits per heavy atom. The van der Waals surface area contributed by atoms with Gasteiger partial charge in [0.25, 0.3) is 5.91 Å². The van der Waals surface area contributed by atoms with Gasteiger partial charge in [0.2, 0.25) is 0 Å². The number of ether oxygens (including phenoxy) is 1. The molecule has 0 aliphatic rings. The molecule has 3 rings (SSSR count). The van der Waals surface area contributed by atoms with E-state index >= 15 is 0 Å². The van der Waals surface area contributed by atoms with Crippen LogP contribution in [0.4, 0.5) is 5.69 Å². The van der Waals surface area contributed by atoms with Crippen molar-refractivity contribution in [3.8, 4) is 17.5 Å². The third kappa shape index (κ3) is 4.44. The first-order valence-corrected chi connectivity index (χ1v) is 8.35. The Balaban J connectivity index is 1.64. The summed E-state index contributed by atoms with van der Waals surface area (Å²) in [7, 11) is 0. The fourth-order valence-corrected chi connectivity index (χ4v) is 2.62. The molecule has 0 radical (unpaired) electrons. The van der Waals surface area contributed by atoms with Crippen LogP contribution in [0, 0.1) is 11.3 Å². The van der Waals surface area contributed by atoms with Crippen molar-refractivity contribution >= 4 is 23.2 Å². The summed E-state index contributed by atoms with van der Waals surface area (Å²) in [5.74, 6) is 0.297. The molecular weight excluding hydrogens is 350 g/mol. The van der Waals surface area contributed by atoms with E-state index in [1.807, 2.05) is 29.1 Å². The van der Waals surface area contributed by atoms with Crippen LogP contribution in [0.2, 0.25) is 5.02 Å². The Kier molecular flexibility index (Phi) is 5.57. The molecule has 1 amide bonds. The fraction of sp³-hybridized carbons (Fsp3) is 0.100. The van der Waals surface area contributed by atoms with Crippen molar-refractivity contribution in [2.24, 2.45) is 0 Å². The number of rotatable bonds is 6. The van der Waals surface area contributed by atoms with Crippen LogP contribution < -0.4 is 10.1 Å². The highest BCUT2D eigenvalue weighted by Gasteiger charge is 2.10. The van der Waals surface area contributed by atoms with E-state index < -0.39 is 0 Å². The third-order valence-electron chi connectivity index (χ3n) is 3.69. The first-order valence-electron chi connectivity index (χ1n) is 7.97.